The van der Waals surface area contributed by atoms with Crippen LogP contribution in [0.3, 0.4) is 0 Å². The summed E-state index contributed by atoms with van der Waals surface area (Å²) in [7, 11) is 3.18. The minimum Gasteiger partial charge on any atom is -0.484 e. The first-order chi connectivity index (χ1) is 16.9. The molecule has 1 aliphatic carbocycles. The van der Waals surface area contributed by atoms with E-state index in [2.05, 4.69) is 20.8 Å². The maximum Gasteiger partial charge on any atom is 0.263 e. The Kier molecular flexibility index (Phi) is 7.07. The SMILES string of the molecule is COC(C)=NSC1(COc2nccc3cc(C(=O)NCc4ccc(C#N)cc4)c(=O)n(C)c23)CC1. The van der Waals surface area contributed by atoms with Crippen LogP contribution in [0.15, 0.2) is 51.8 Å². The molecule has 1 aliphatic rings. The summed E-state index contributed by atoms with van der Waals surface area (Å²) in [6.45, 7) is 2.43. The molecule has 0 spiro atoms. The van der Waals surface area contributed by atoms with Crippen LogP contribution in [0.2, 0.25) is 0 Å². The fourth-order valence-electron chi connectivity index (χ4n) is 3.44. The number of nitriles is 1. The smallest absolute Gasteiger partial charge is 0.263 e. The molecule has 9 nitrogen and oxygen atoms in total. The number of hydrogen-bond donors (Lipinski definition) is 1. The molecule has 1 N–H and O–H groups in total. The number of hydrogen-bond acceptors (Lipinski definition) is 8. The van der Waals surface area contributed by atoms with Crippen molar-refractivity contribution in [1.82, 2.24) is 14.9 Å². The first kappa shape index (κ1) is 24.3. The normalized spacial score (nSPS) is 14.3. The topological polar surface area (TPSA) is 119 Å². The first-order valence-corrected chi connectivity index (χ1v) is 11.8. The van der Waals surface area contributed by atoms with Gasteiger partial charge in [-0.05, 0) is 54.6 Å². The van der Waals surface area contributed by atoms with Crippen LogP contribution in [-0.4, -0.2) is 39.8 Å². The average Bonchev–Trinajstić information content (AvgIpc) is 3.66. The lowest BCUT2D eigenvalue weighted by atomic mass is 10.1. The lowest BCUT2D eigenvalue weighted by molar-refractivity contribution is 0.0949. The molecule has 35 heavy (non-hydrogen) atoms. The van der Waals surface area contributed by atoms with Gasteiger partial charge in [-0.25, -0.2) is 4.98 Å². The Hall–Kier alpha value is -3.84. The van der Waals surface area contributed by atoms with Gasteiger partial charge >= 0.3 is 0 Å². The van der Waals surface area contributed by atoms with Gasteiger partial charge in [0.1, 0.15) is 17.7 Å². The molecule has 2 heterocycles. The molecule has 3 aromatic rings. The Labute approximate surface area is 206 Å². The Morgan fingerprint density at radius 2 is 2.06 bits per heavy atom. The molecular formula is C25H25N5O4S. The van der Waals surface area contributed by atoms with E-state index < -0.39 is 11.5 Å². The summed E-state index contributed by atoms with van der Waals surface area (Å²) in [6.07, 6.45) is 3.53. The van der Waals surface area contributed by atoms with E-state index in [1.54, 1.807) is 63.7 Å². The highest BCUT2D eigenvalue weighted by Gasteiger charge is 2.45. The molecular weight excluding hydrogens is 466 g/mol. The van der Waals surface area contributed by atoms with Gasteiger partial charge < -0.3 is 19.4 Å². The van der Waals surface area contributed by atoms with Crippen LogP contribution < -0.4 is 15.6 Å². The number of carbonyl (C=O) groups excluding carboxylic acids is 1. The number of rotatable bonds is 8. The number of carbonyl (C=O) groups is 1. The Bertz CT molecular complexity index is 1390. The van der Waals surface area contributed by atoms with Gasteiger partial charge in [0.05, 0.1) is 23.5 Å². The van der Waals surface area contributed by atoms with Gasteiger partial charge in [-0.15, -0.1) is 0 Å². The third-order valence-electron chi connectivity index (χ3n) is 5.82. The second-order valence-corrected chi connectivity index (χ2v) is 9.58. The number of ether oxygens (including phenoxy) is 2. The summed E-state index contributed by atoms with van der Waals surface area (Å²) in [5.41, 5.74) is 1.48. The molecule has 0 radical (unpaired) electrons. The van der Waals surface area contributed by atoms with Crippen molar-refractivity contribution in [2.24, 2.45) is 11.4 Å². The average molecular weight is 492 g/mol. The lowest BCUT2D eigenvalue weighted by Crippen LogP contribution is -2.32. The fraction of sp³-hybridized carbons (Fsp3) is 0.320. The van der Waals surface area contributed by atoms with Gasteiger partial charge in [-0.3, -0.25) is 9.59 Å². The zero-order valence-electron chi connectivity index (χ0n) is 19.7. The maximum absolute atomic E-state index is 13.0. The van der Waals surface area contributed by atoms with Gasteiger partial charge in [0.15, 0.2) is 5.90 Å². The largest absolute Gasteiger partial charge is 0.484 e. The van der Waals surface area contributed by atoms with Crippen LogP contribution in [0.25, 0.3) is 10.9 Å². The molecule has 1 amide bonds. The van der Waals surface area contributed by atoms with Crippen molar-refractivity contribution in [2.75, 3.05) is 13.7 Å². The molecule has 2 aromatic heterocycles. The summed E-state index contributed by atoms with van der Waals surface area (Å²) in [5, 5.41) is 12.4. The number of aromatic nitrogens is 2. The lowest BCUT2D eigenvalue weighted by Gasteiger charge is -2.16. The number of aryl methyl sites for hydroxylation is 1. The molecule has 0 aliphatic heterocycles. The van der Waals surface area contributed by atoms with Crippen LogP contribution in [0.1, 0.15) is 41.3 Å². The molecule has 0 bridgehead atoms. The molecule has 4 rings (SSSR count). The number of amides is 1. The first-order valence-electron chi connectivity index (χ1n) is 11.0. The van der Waals surface area contributed by atoms with E-state index in [4.69, 9.17) is 14.7 Å². The summed E-state index contributed by atoms with van der Waals surface area (Å²) in [4.78, 5) is 30.2. The number of fused-ring (bicyclic) bond motifs is 1. The van der Waals surface area contributed by atoms with Crippen molar-refractivity contribution in [3.63, 3.8) is 0 Å². The van der Waals surface area contributed by atoms with E-state index in [0.29, 0.717) is 34.9 Å². The standard InChI is InChI=1S/C25H25N5O4S/c1-16(33-3)29-35-25(9-10-25)15-34-23-21-19(8-11-27-23)12-20(24(32)30(21)2)22(31)28-14-18-6-4-17(13-26)5-7-18/h4-8,11-12H,9-10,14-15H2,1-3H3,(H,28,31). The number of pyridine rings is 2. The number of nitrogens with zero attached hydrogens (tertiary/aromatic N) is 4. The fourth-order valence-corrected chi connectivity index (χ4v) is 4.24. The van der Waals surface area contributed by atoms with Gasteiger partial charge in [0.25, 0.3) is 11.5 Å². The molecule has 0 atom stereocenters. The highest BCUT2D eigenvalue weighted by molar-refractivity contribution is 7.99. The summed E-state index contributed by atoms with van der Waals surface area (Å²) in [6, 6.07) is 12.3. The maximum atomic E-state index is 13.0. The van der Waals surface area contributed by atoms with Gasteiger partial charge in [-0.2, -0.15) is 9.66 Å². The van der Waals surface area contributed by atoms with E-state index in [1.807, 2.05) is 0 Å². The quantitative estimate of drug-likeness (QED) is 0.292. The van der Waals surface area contributed by atoms with E-state index >= 15 is 0 Å². The van der Waals surface area contributed by atoms with Gasteiger partial charge in [0, 0.05) is 32.1 Å². The van der Waals surface area contributed by atoms with Crippen molar-refractivity contribution in [2.45, 2.75) is 31.1 Å². The zero-order valence-corrected chi connectivity index (χ0v) is 20.5. The highest BCUT2D eigenvalue weighted by Crippen LogP contribution is 2.49. The Balaban J connectivity index is 1.52. The van der Waals surface area contributed by atoms with Crippen LogP contribution in [0, 0.1) is 11.3 Å². The van der Waals surface area contributed by atoms with Gasteiger partial charge in [0.2, 0.25) is 5.88 Å². The van der Waals surface area contributed by atoms with Crippen molar-refractivity contribution in [3.05, 3.63) is 69.6 Å². The minimum absolute atomic E-state index is 0.0318. The van der Waals surface area contributed by atoms with Crippen LogP contribution in [0.4, 0.5) is 0 Å². The van der Waals surface area contributed by atoms with Crippen LogP contribution in [0.5, 0.6) is 5.88 Å². The van der Waals surface area contributed by atoms with Crippen LogP contribution >= 0.6 is 11.9 Å². The van der Waals surface area contributed by atoms with Crippen molar-refractivity contribution < 1.29 is 14.3 Å². The Morgan fingerprint density at radius 1 is 1.31 bits per heavy atom. The zero-order chi connectivity index (χ0) is 25.0. The van der Waals surface area contributed by atoms with E-state index in [1.165, 1.54) is 16.5 Å². The summed E-state index contributed by atoms with van der Waals surface area (Å²) < 4.78 is 16.8. The number of benzene rings is 1. The second kappa shape index (κ2) is 10.2. The highest BCUT2D eigenvalue weighted by atomic mass is 32.2. The van der Waals surface area contributed by atoms with E-state index in [-0.39, 0.29) is 16.9 Å². The molecule has 0 saturated heterocycles. The monoisotopic (exact) mass is 491 g/mol. The third-order valence-corrected chi connectivity index (χ3v) is 7.08. The summed E-state index contributed by atoms with van der Waals surface area (Å²) in [5.74, 6) is 0.457. The Morgan fingerprint density at radius 3 is 2.71 bits per heavy atom. The minimum atomic E-state index is -0.476. The number of nitrogens with one attached hydrogen (secondary N) is 1. The molecule has 10 heteroatoms. The second-order valence-electron chi connectivity index (χ2n) is 8.34. The third kappa shape index (κ3) is 5.46. The van der Waals surface area contributed by atoms with Gasteiger partial charge in [-0.1, -0.05) is 12.1 Å². The summed E-state index contributed by atoms with van der Waals surface area (Å²) >= 11 is 1.44. The van der Waals surface area contributed by atoms with E-state index in [0.717, 1.165) is 18.4 Å². The molecule has 0 unspecified atom stereocenters. The molecule has 1 saturated carbocycles. The predicted octanol–water partition coefficient (Wildman–Crippen LogP) is 3.36. The van der Waals surface area contributed by atoms with Crippen molar-refractivity contribution >= 4 is 34.7 Å². The number of methoxy groups -OCH3 is 1. The molecule has 180 valence electrons. The van der Waals surface area contributed by atoms with Crippen LogP contribution in [-0.2, 0) is 18.3 Å². The predicted molar refractivity (Wildman–Crippen MR) is 134 cm³/mol. The van der Waals surface area contributed by atoms with E-state index in [9.17, 15) is 9.59 Å². The van der Waals surface area contributed by atoms with Crippen molar-refractivity contribution in [3.8, 4) is 11.9 Å². The molecule has 1 aromatic carbocycles. The molecule has 1 fully saturated rings. The van der Waals surface area contributed by atoms with Crippen molar-refractivity contribution in [1.29, 1.82) is 5.26 Å².